The molecule has 2 atom stereocenters. The summed E-state index contributed by atoms with van der Waals surface area (Å²) in [5, 5.41) is 12.3. The lowest BCUT2D eigenvalue weighted by molar-refractivity contribution is -0.134. The van der Waals surface area contributed by atoms with Gasteiger partial charge >= 0.3 is 0 Å². The Labute approximate surface area is 84.3 Å². The summed E-state index contributed by atoms with van der Waals surface area (Å²) < 4.78 is 0. The fourth-order valence-electron chi connectivity index (χ4n) is 2.41. The van der Waals surface area contributed by atoms with Crippen molar-refractivity contribution in [1.82, 2.24) is 10.2 Å². The molecule has 2 rings (SSSR count). The van der Waals surface area contributed by atoms with E-state index in [2.05, 4.69) is 5.32 Å². The van der Waals surface area contributed by atoms with Crippen LogP contribution in [0.1, 0.15) is 25.7 Å². The Hall–Kier alpha value is -0.610. The zero-order chi connectivity index (χ0) is 9.97. The minimum atomic E-state index is 0.0159. The summed E-state index contributed by atoms with van der Waals surface area (Å²) in [4.78, 5) is 13.8. The Morgan fingerprint density at radius 3 is 2.93 bits per heavy atom. The molecule has 2 saturated heterocycles. The van der Waals surface area contributed by atoms with E-state index in [1.165, 1.54) is 0 Å². The van der Waals surface area contributed by atoms with Gasteiger partial charge in [-0.1, -0.05) is 0 Å². The predicted molar refractivity (Wildman–Crippen MR) is 52.8 cm³/mol. The Balaban J connectivity index is 1.95. The summed E-state index contributed by atoms with van der Waals surface area (Å²) in [6, 6.07) is 0.0899. The van der Waals surface area contributed by atoms with Gasteiger partial charge in [-0.15, -0.1) is 0 Å². The summed E-state index contributed by atoms with van der Waals surface area (Å²) in [6.07, 6.45) is 4.03. The number of carbonyl (C=O) groups is 1. The normalized spacial score (nSPS) is 32.5. The van der Waals surface area contributed by atoms with Crippen molar-refractivity contribution in [2.45, 2.75) is 37.8 Å². The van der Waals surface area contributed by atoms with Crippen LogP contribution in [0.4, 0.5) is 0 Å². The number of aliphatic hydroxyl groups excluding tert-OH is 1. The average Bonchev–Trinajstić information content (AvgIpc) is 2.87. The molecule has 1 unspecified atom stereocenters. The maximum Gasteiger partial charge on any atom is 0.240 e. The van der Waals surface area contributed by atoms with Crippen LogP contribution < -0.4 is 5.32 Å². The van der Waals surface area contributed by atoms with Crippen molar-refractivity contribution in [2.75, 3.05) is 19.7 Å². The molecule has 4 nitrogen and oxygen atoms in total. The van der Waals surface area contributed by atoms with Crippen LogP contribution in [0.5, 0.6) is 0 Å². The minimum absolute atomic E-state index is 0.0159. The maximum absolute atomic E-state index is 12.0. The van der Waals surface area contributed by atoms with Gasteiger partial charge in [-0.25, -0.2) is 0 Å². The lowest BCUT2D eigenvalue weighted by Gasteiger charge is -2.26. The van der Waals surface area contributed by atoms with Gasteiger partial charge in [-0.2, -0.15) is 0 Å². The monoisotopic (exact) mass is 198 g/mol. The van der Waals surface area contributed by atoms with Gasteiger partial charge < -0.3 is 15.3 Å². The van der Waals surface area contributed by atoms with Gasteiger partial charge in [0.1, 0.15) is 0 Å². The molecule has 2 N–H and O–H groups in total. The molecule has 0 saturated carbocycles. The van der Waals surface area contributed by atoms with E-state index in [1.807, 2.05) is 4.90 Å². The highest BCUT2D eigenvalue weighted by Gasteiger charge is 2.33. The average molecular weight is 198 g/mol. The van der Waals surface area contributed by atoms with Crippen molar-refractivity contribution in [2.24, 2.45) is 0 Å². The molecule has 0 bridgehead atoms. The lowest BCUT2D eigenvalue weighted by Crippen LogP contribution is -2.46. The van der Waals surface area contributed by atoms with Gasteiger partial charge in [0.05, 0.1) is 18.7 Å². The van der Waals surface area contributed by atoms with Crippen LogP contribution in [0.15, 0.2) is 0 Å². The lowest BCUT2D eigenvalue weighted by atomic mass is 10.2. The van der Waals surface area contributed by atoms with Crippen LogP contribution >= 0.6 is 0 Å². The number of aliphatic hydroxyl groups is 1. The number of nitrogens with one attached hydrogen (secondary N) is 1. The van der Waals surface area contributed by atoms with E-state index in [0.717, 1.165) is 38.8 Å². The van der Waals surface area contributed by atoms with Crippen molar-refractivity contribution in [3.8, 4) is 0 Å². The fraction of sp³-hybridized carbons (Fsp3) is 0.900. The molecular weight excluding hydrogens is 180 g/mol. The molecule has 2 heterocycles. The summed E-state index contributed by atoms with van der Waals surface area (Å²) in [5.41, 5.74) is 0. The van der Waals surface area contributed by atoms with E-state index in [-0.39, 0.29) is 24.6 Å². The molecule has 2 aliphatic rings. The first-order valence-electron chi connectivity index (χ1n) is 5.47. The Morgan fingerprint density at radius 1 is 1.43 bits per heavy atom. The van der Waals surface area contributed by atoms with Gasteiger partial charge in [0.15, 0.2) is 0 Å². The van der Waals surface area contributed by atoms with Crippen LogP contribution in [0, 0.1) is 0 Å². The van der Waals surface area contributed by atoms with Crippen LogP contribution in [0.25, 0.3) is 0 Å². The molecule has 0 aromatic rings. The summed E-state index contributed by atoms with van der Waals surface area (Å²) >= 11 is 0. The third kappa shape index (κ3) is 1.77. The zero-order valence-corrected chi connectivity index (χ0v) is 8.41. The van der Waals surface area contributed by atoms with E-state index in [1.54, 1.807) is 0 Å². The first-order chi connectivity index (χ1) is 6.83. The summed E-state index contributed by atoms with van der Waals surface area (Å²) in [6.45, 7) is 1.88. The SMILES string of the molecule is O=C(C1CCCN1)N1CCC[C@H]1CO. The Kier molecular flexibility index (Phi) is 3.03. The fourth-order valence-corrected chi connectivity index (χ4v) is 2.41. The van der Waals surface area contributed by atoms with Crippen molar-refractivity contribution >= 4 is 5.91 Å². The number of hydrogen-bond donors (Lipinski definition) is 2. The summed E-state index contributed by atoms with van der Waals surface area (Å²) in [7, 11) is 0. The van der Waals surface area contributed by atoms with Gasteiger partial charge in [0.2, 0.25) is 5.91 Å². The number of nitrogens with zero attached hydrogens (tertiary/aromatic N) is 1. The van der Waals surface area contributed by atoms with Gasteiger partial charge in [0, 0.05) is 6.54 Å². The zero-order valence-electron chi connectivity index (χ0n) is 8.41. The van der Waals surface area contributed by atoms with E-state index >= 15 is 0 Å². The molecule has 0 aliphatic carbocycles. The van der Waals surface area contributed by atoms with Crippen LogP contribution in [0.3, 0.4) is 0 Å². The molecular formula is C10H18N2O2. The van der Waals surface area contributed by atoms with E-state index in [4.69, 9.17) is 5.11 Å². The van der Waals surface area contributed by atoms with Crippen molar-refractivity contribution in [3.05, 3.63) is 0 Å². The van der Waals surface area contributed by atoms with Crippen LogP contribution in [-0.4, -0.2) is 47.7 Å². The predicted octanol–water partition coefficient (Wildman–Crippen LogP) is -0.278. The number of hydrogen-bond acceptors (Lipinski definition) is 3. The Morgan fingerprint density at radius 2 is 2.29 bits per heavy atom. The highest BCUT2D eigenvalue weighted by Crippen LogP contribution is 2.19. The summed E-state index contributed by atoms with van der Waals surface area (Å²) in [5.74, 6) is 0.194. The smallest absolute Gasteiger partial charge is 0.240 e. The van der Waals surface area contributed by atoms with E-state index in [0.29, 0.717) is 0 Å². The van der Waals surface area contributed by atoms with Gasteiger partial charge in [-0.05, 0) is 32.2 Å². The molecule has 4 heteroatoms. The van der Waals surface area contributed by atoms with Crippen LogP contribution in [-0.2, 0) is 4.79 Å². The number of carbonyl (C=O) groups excluding carboxylic acids is 1. The first-order valence-corrected chi connectivity index (χ1v) is 5.47. The second-order valence-electron chi connectivity index (χ2n) is 4.16. The van der Waals surface area contributed by atoms with Crippen LogP contribution in [0.2, 0.25) is 0 Å². The first kappa shape index (κ1) is 9.93. The third-order valence-corrected chi connectivity index (χ3v) is 3.23. The molecule has 0 spiro atoms. The van der Waals surface area contributed by atoms with Gasteiger partial charge in [-0.3, -0.25) is 4.79 Å². The molecule has 2 fully saturated rings. The molecule has 80 valence electrons. The quantitative estimate of drug-likeness (QED) is 0.642. The third-order valence-electron chi connectivity index (χ3n) is 3.23. The number of amides is 1. The van der Waals surface area contributed by atoms with E-state index < -0.39 is 0 Å². The van der Waals surface area contributed by atoms with Crippen molar-refractivity contribution in [1.29, 1.82) is 0 Å². The minimum Gasteiger partial charge on any atom is -0.394 e. The highest BCUT2D eigenvalue weighted by atomic mass is 16.3. The molecule has 1 amide bonds. The maximum atomic E-state index is 12.0. The van der Waals surface area contributed by atoms with Gasteiger partial charge in [0.25, 0.3) is 0 Å². The number of rotatable bonds is 2. The topological polar surface area (TPSA) is 52.6 Å². The standard InChI is InChI=1S/C10H18N2O2/c13-7-8-3-2-6-12(8)10(14)9-4-1-5-11-9/h8-9,11,13H,1-7H2/t8-,9?/m0/s1. The highest BCUT2D eigenvalue weighted by molar-refractivity contribution is 5.82. The Bertz CT molecular complexity index is 214. The molecule has 14 heavy (non-hydrogen) atoms. The molecule has 2 aliphatic heterocycles. The van der Waals surface area contributed by atoms with Crippen molar-refractivity contribution in [3.63, 3.8) is 0 Å². The second kappa shape index (κ2) is 4.28. The molecule has 0 radical (unpaired) electrons. The van der Waals surface area contributed by atoms with Crippen molar-refractivity contribution < 1.29 is 9.90 Å². The second-order valence-corrected chi connectivity index (χ2v) is 4.16. The largest absolute Gasteiger partial charge is 0.394 e. The van der Waals surface area contributed by atoms with E-state index in [9.17, 15) is 4.79 Å². The number of likely N-dealkylation sites (tertiary alicyclic amines) is 1. The molecule has 0 aromatic carbocycles. The molecule has 0 aromatic heterocycles.